The van der Waals surface area contributed by atoms with E-state index in [0.29, 0.717) is 18.3 Å². The van der Waals surface area contributed by atoms with Gasteiger partial charge < -0.3 is 10.1 Å². The fourth-order valence-electron chi connectivity index (χ4n) is 2.39. The third kappa shape index (κ3) is 5.50. The van der Waals surface area contributed by atoms with Crippen molar-refractivity contribution < 1.29 is 9.53 Å². The van der Waals surface area contributed by atoms with E-state index in [-0.39, 0.29) is 11.7 Å². The molecule has 3 aromatic rings. The first kappa shape index (κ1) is 19.8. The van der Waals surface area contributed by atoms with Crippen LogP contribution in [-0.2, 0) is 16.1 Å². The van der Waals surface area contributed by atoms with Gasteiger partial charge in [-0.25, -0.2) is 0 Å². The van der Waals surface area contributed by atoms with Crippen molar-refractivity contribution in [1.29, 1.82) is 0 Å². The zero-order valence-electron chi connectivity index (χ0n) is 14.6. The number of amides is 1. The molecule has 0 fully saturated rings. The van der Waals surface area contributed by atoms with Crippen LogP contribution in [0.5, 0.6) is 0 Å². The number of nitrogens with zero attached hydrogens (tertiary/aromatic N) is 4. The lowest BCUT2D eigenvalue weighted by Crippen LogP contribution is -2.15. The number of benzene rings is 1. The topological polar surface area (TPSA) is 81.9 Å². The quantitative estimate of drug-likeness (QED) is 0.382. The minimum absolute atomic E-state index is 0.0891. The van der Waals surface area contributed by atoms with Gasteiger partial charge in [-0.1, -0.05) is 17.8 Å². The summed E-state index contributed by atoms with van der Waals surface area (Å²) in [6, 6.07) is 11.4. The van der Waals surface area contributed by atoms with Crippen molar-refractivity contribution in [3.63, 3.8) is 0 Å². The highest BCUT2D eigenvalue weighted by Crippen LogP contribution is 2.24. The monoisotopic (exact) mass is 495 g/mol. The summed E-state index contributed by atoms with van der Waals surface area (Å²) in [7, 11) is 1.65. The van der Waals surface area contributed by atoms with Gasteiger partial charge >= 0.3 is 0 Å². The summed E-state index contributed by atoms with van der Waals surface area (Å²) in [5, 5.41) is 12.1. The smallest absolute Gasteiger partial charge is 0.234 e. The Morgan fingerprint density at radius 3 is 2.81 bits per heavy atom. The second-order valence-electron chi connectivity index (χ2n) is 5.53. The average molecular weight is 495 g/mol. The predicted molar refractivity (Wildman–Crippen MR) is 114 cm³/mol. The number of nitrogens with one attached hydrogen (secondary N) is 1. The third-order valence-electron chi connectivity index (χ3n) is 3.62. The Morgan fingerprint density at radius 2 is 2.07 bits per heavy atom. The maximum atomic E-state index is 12.3. The van der Waals surface area contributed by atoms with E-state index in [4.69, 9.17) is 4.74 Å². The number of hydrogen-bond donors (Lipinski definition) is 1. The van der Waals surface area contributed by atoms with Gasteiger partial charge in [0.05, 0.1) is 18.9 Å². The second kappa shape index (κ2) is 9.81. The van der Waals surface area contributed by atoms with Crippen LogP contribution in [-0.4, -0.2) is 45.1 Å². The lowest BCUT2D eigenvalue weighted by atomic mass is 10.2. The van der Waals surface area contributed by atoms with Crippen LogP contribution in [0.4, 0.5) is 5.69 Å². The van der Waals surface area contributed by atoms with Crippen LogP contribution in [0, 0.1) is 3.57 Å². The van der Waals surface area contributed by atoms with Crippen molar-refractivity contribution in [3.05, 3.63) is 52.4 Å². The number of carbonyl (C=O) groups excluding carboxylic acids is 1. The van der Waals surface area contributed by atoms with E-state index < -0.39 is 0 Å². The fraction of sp³-hybridized carbons (Fsp3) is 0.222. The van der Waals surface area contributed by atoms with E-state index in [2.05, 4.69) is 43.1 Å². The van der Waals surface area contributed by atoms with Crippen LogP contribution in [0.15, 0.2) is 53.9 Å². The van der Waals surface area contributed by atoms with Crippen LogP contribution >= 0.6 is 34.4 Å². The van der Waals surface area contributed by atoms with Crippen LogP contribution in [0.1, 0.15) is 0 Å². The van der Waals surface area contributed by atoms with Gasteiger partial charge in [-0.05, 0) is 52.9 Å². The first-order valence-corrected chi connectivity index (χ1v) is 10.2. The fourth-order valence-corrected chi connectivity index (χ4v) is 3.70. The summed E-state index contributed by atoms with van der Waals surface area (Å²) in [6.45, 7) is 1.13. The Balaban J connectivity index is 1.70. The van der Waals surface area contributed by atoms with E-state index >= 15 is 0 Å². The molecule has 0 unspecified atom stereocenters. The molecule has 0 saturated carbocycles. The highest BCUT2D eigenvalue weighted by molar-refractivity contribution is 14.1. The largest absolute Gasteiger partial charge is 0.383 e. The van der Waals surface area contributed by atoms with Crippen molar-refractivity contribution in [2.75, 3.05) is 24.8 Å². The van der Waals surface area contributed by atoms with E-state index in [9.17, 15) is 4.79 Å². The lowest BCUT2D eigenvalue weighted by Gasteiger charge is -2.10. The molecule has 0 spiro atoms. The van der Waals surface area contributed by atoms with Gasteiger partial charge in [-0.15, -0.1) is 10.2 Å². The Hall–Kier alpha value is -1.98. The Bertz CT molecular complexity index is 904. The molecule has 7 nitrogen and oxygen atoms in total. The van der Waals surface area contributed by atoms with Crippen molar-refractivity contribution in [3.8, 4) is 11.4 Å². The summed E-state index contributed by atoms with van der Waals surface area (Å²) in [5.74, 6) is 0.885. The van der Waals surface area contributed by atoms with Gasteiger partial charge in [-0.2, -0.15) is 0 Å². The Labute approximate surface area is 175 Å². The molecule has 1 N–H and O–H groups in total. The molecule has 2 heterocycles. The van der Waals surface area contributed by atoms with Crippen molar-refractivity contribution >= 4 is 45.9 Å². The number of carbonyl (C=O) groups is 1. The van der Waals surface area contributed by atoms with E-state index in [1.807, 2.05) is 41.0 Å². The minimum Gasteiger partial charge on any atom is -0.383 e. The number of halogens is 1. The molecule has 1 aromatic carbocycles. The molecule has 0 atom stereocenters. The second-order valence-corrected chi connectivity index (χ2v) is 7.72. The number of pyridine rings is 1. The molecule has 140 valence electrons. The van der Waals surface area contributed by atoms with E-state index in [1.165, 1.54) is 11.8 Å². The predicted octanol–water partition coefficient (Wildman–Crippen LogP) is 3.32. The van der Waals surface area contributed by atoms with Gasteiger partial charge in [0.2, 0.25) is 5.91 Å². The first-order valence-electron chi connectivity index (χ1n) is 8.18. The highest BCUT2D eigenvalue weighted by Gasteiger charge is 2.15. The summed E-state index contributed by atoms with van der Waals surface area (Å²) < 4.78 is 8.23. The number of hydrogen-bond acceptors (Lipinski definition) is 6. The van der Waals surface area contributed by atoms with Crippen molar-refractivity contribution in [2.24, 2.45) is 0 Å². The highest BCUT2D eigenvalue weighted by atomic mass is 127. The zero-order valence-corrected chi connectivity index (χ0v) is 17.6. The van der Waals surface area contributed by atoms with E-state index in [1.54, 1.807) is 19.5 Å². The van der Waals surface area contributed by atoms with Crippen LogP contribution < -0.4 is 5.32 Å². The zero-order chi connectivity index (χ0) is 19.1. The minimum atomic E-state index is -0.0891. The Morgan fingerprint density at radius 1 is 1.26 bits per heavy atom. The molecule has 3 rings (SSSR count). The van der Waals surface area contributed by atoms with Crippen molar-refractivity contribution in [1.82, 2.24) is 19.7 Å². The SMILES string of the molecule is COCCn1c(SCC(=O)Nc2cccc(I)c2)nnc1-c1ccncc1. The Kier molecular flexibility index (Phi) is 7.18. The van der Waals surface area contributed by atoms with Crippen LogP contribution in [0.25, 0.3) is 11.4 Å². The number of methoxy groups -OCH3 is 1. The molecular formula is C18H18IN5O2S. The van der Waals surface area contributed by atoms with Gasteiger partial charge in [0.1, 0.15) is 0 Å². The standard InChI is InChI=1S/C18H18IN5O2S/c1-26-10-9-24-17(13-5-7-20-8-6-13)22-23-18(24)27-12-16(25)21-15-4-2-3-14(19)11-15/h2-8,11H,9-10,12H2,1H3,(H,21,25). The van der Waals surface area contributed by atoms with Gasteiger partial charge in [0, 0.05) is 34.3 Å². The van der Waals surface area contributed by atoms with Gasteiger partial charge in [-0.3, -0.25) is 14.3 Å². The molecule has 0 radical (unpaired) electrons. The maximum absolute atomic E-state index is 12.3. The summed E-state index contributed by atoms with van der Waals surface area (Å²) in [6.07, 6.45) is 3.43. The molecular weight excluding hydrogens is 477 g/mol. The molecule has 0 aliphatic rings. The maximum Gasteiger partial charge on any atom is 0.234 e. The molecule has 9 heteroatoms. The molecule has 2 aromatic heterocycles. The van der Waals surface area contributed by atoms with Crippen molar-refractivity contribution in [2.45, 2.75) is 11.7 Å². The van der Waals surface area contributed by atoms with Crippen LogP contribution in [0.3, 0.4) is 0 Å². The van der Waals surface area contributed by atoms with Gasteiger partial charge in [0.25, 0.3) is 0 Å². The number of thioether (sulfide) groups is 1. The van der Waals surface area contributed by atoms with Crippen LogP contribution in [0.2, 0.25) is 0 Å². The summed E-state index contributed by atoms with van der Waals surface area (Å²) in [5.41, 5.74) is 1.70. The summed E-state index contributed by atoms with van der Waals surface area (Å²) >= 11 is 3.56. The van der Waals surface area contributed by atoms with Gasteiger partial charge in [0.15, 0.2) is 11.0 Å². The molecule has 0 aliphatic heterocycles. The lowest BCUT2D eigenvalue weighted by molar-refractivity contribution is -0.113. The number of ether oxygens (including phenoxy) is 1. The summed E-state index contributed by atoms with van der Waals surface area (Å²) in [4.78, 5) is 16.3. The number of aromatic nitrogens is 4. The molecule has 0 bridgehead atoms. The molecule has 1 amide bonds. The average Bonchev–Trinajstić information content (AvgIpc) is 3.08. The third-order valence-corrected chi connectivity index (χ3v) is 5.25. The normalized spacial score (nSPS) is 10.7. The molecule has 27 heavy (non-hydrogen) atoms. The molecule has 0 aliphatic carbocycles. The first-order chi connectivity index (χ1) is 13.2. The number of anilines is 1. The molecule has 0 saturated heterocycles. The number of rotatable bonds is 8. The van der Waals surface area contributed by atoms with E-state index in [0.717, 1.165) is 20.6 Å².